The molecule has 1 amide bonds. The van der Waals surface area contributed by atoms with Crippen LogP contribution >= 0.6 is 34.5 Å². The van der Waals surface area contributed by atoms with Crippen LogP contribution in [0.3, 0.4) is 0 Å². The SMILES string of the molecule is O=C(Cn1c(=O)n(-c2ccc(Cl)cc2)c(=O)c2sccc21)NCc1ccccc1Cl. The molecular formula is C21H15Cl2N3O3S. The van der Waals surface area contributed by atoms with E-state index in [1.165, 1.54) is 15.9 Å². The summed E-state index contributed by atoms with van der Waals surface area (Å²) in [6.45, 7) is 0.00124. The summed E-state index contributed by atoms with van der Waals surface area (Å²) in [6, 6.07) is 15.2. The largest absolute Gasteiger partial charge is 0.350 e. The molecule has 0 aliphatic rings. The van der Waals surface area contributed by atoms with Crippen LogP contribution in [0.5, 0.6) is 0 Å². The number of nitrogens with one attached hydrogen (secondary N) is 1. The second-order valence-corrected chi connectivity index (χ2v) is 8.25. The van der Waals surface area contributed by atoms with Crippen molar-refractivity contribution >= 4 is 50.7 Å². The Bertz CT molecular complexity index is 1360. The molecule has 6 nitrogen and oxygen atoms in total. The molecule has 1 N–H and O–H groups in total. The number of amides is 1. The van der Waals surface area contributed by atoms with Crippen molar-refractivity contribution in [2.24, 2.45) is 0 Å². The van der Waals surface area contributed by atoms with E-state index < -0.39 is 11.2 Å². The molecule has 0 atom stereocenters. The van der Waals surface area contributed by atoms with Crippen LogP contribution in [-0.4, -0.2) is 15.0 Å². The van der Waals surface area contributed by atoms with Crippen LogP contribution in [-0.2, 0) is 17.9 Å². The summed E-state index contributed by atoms with van der Waals surface area (Å²) in [5.41, 5.74) is 0.552. The van der Waals surface area contributed by atoms with Crippen molar-refractivity contribution < 1.29 is 4.79 Å². The Labute approximate surface area is 184 Å². The first-order valence-electron chi connectivity index (χ1n) is 8.95. The molecule has 0 bridgehead atoms. The Morgan fingerprint density at radius 2 is 1.73 bits per heavy atom. The average molecular weight is 460 g/mol. The lowest BCUT2D eigenvalue weighted by molar-refractivity contribution is -0.121. The van der Waals surface area contributed by atoms with E-state index in [9.17, 15) is 14.4 Å². The van der Waals surface area contributed by atoms with E-state index in [-0.39, 0.29) is 19.0 Å². The van der Waals surface area contributed by atoms with E-state index in [1.807, 2.05) is 12.1 Å². The van der Waals surface area contributed by atoms with Gasteiger partial charge in [0.1, 0.15) is 11.2 Å². The van der Waals surface area contributed by atoms with Crippen LogP contribution in [0, 0.1) is 0 Å². The van der Waals surface area contributed by atoms with Crippen LogP contribution in [0.4, 0.5) is 0 Å². The molecule has 152 valence electrons. The summed E-state index contributed by atoms with van der Waals surface area (Å²) in [7, 11) is 0. The van der Waals surface area contributed by atoms with Crippen molar-refractivity contribution in [2.45, 2.75) is 13.1 Å². The van der Waals surface area contributed by atoms with E-state index in [0.717, 1.165) is 10.1 Å². The number of rotatable bonds is 5. The number of carbonyl (C=O) groups excluding carboxylic acids is 1. The number of carbonyl (C=O) groups is 1. The summed E-state index contributed by atoms with van der Waals surface area (Å²) < 4.78 is 2.74. The van der Waals surface area contributed by atoms with Gasteiger partial charge in [-0.2, -0.15) is 0 Å². The number of benzene rings is 2. The highest BCUT2D eigenvalue weighted by molar-refractivity contribution is 7.17. The quantitative estimate of drug-likeness (QED) is 0.492. The van der Waals surface area contributed by atoms with Crippen LogP contribution in [0.15, 0.2) is 69.6 Å². The van der Waals surface area contributed by atoms with Gasteiger partial charge in [-0.05, 0) is 47.3 Å². The van der Waals surface area contributed by atoms with Crippen LogP contribution in [0.25, 0.3) is 15.9 Å². The molecule has 9 heteroatoms. The molecule has 4 rings (SSSR count). The number of thiophene rings is 1. The van der Waals surface area contributed by atoms with Gasteiger partial charge in [0.05, 0.1) is 11.2 Å². The lowest BCUT2D eigenvalue weighted by atomic mass is 10.2. The number of hydrogen-bond donors (Lipinski definition) is 1. The predicted octanol–water partition coefficient (Wildman–Crippen LogP) is 3.84. The number of nitrogens with zero attached hydrogens (tertiary/aromatic N) is 2. The van der Waals surface area contributed by atoms with Gasteiger partial charge in [0, 0.05) is 16.6 Å². The number of halogens is 2. The van der Waals surface area contributed by atoms with Crippen molar-refractivity contribution in [1.29, 1.82) is 0 Å². The predicted molar refractivity (Wildman–Crippen MR) is 120 cm³/mol. The van der Waals surface area contributed by atoms with E-state index in [0.29, 0.717) is 25.9 Å². The molecule has 0 saturated carbocycles. The normalized spacial score (nSPS) is 11.0. The zero-order valence-corrected chi connectivity index (χ0v) is 17.8. The van der Waals surface area contributed by atoms with Crippen molar-refractivity contribution in [2.75, 3.05) is 0 Å². The van der Waals surface area contributed by atoms with Crippen molar-refractivity contribution in [3.8, 4) is 5.69 Å². The summed E-state index contributed by atoms with van der Waals surface area (Å²) in [6.07, 6.45) is 0. The van der Waals surface area contributed by atoms with Gasteiger partial charge in [-0.25, -0.2) is 9.36 Å². The Morgan fingerprint density at radius 1 is 1.00 bits per heavy atom. The van der Waals surface area contributed by atoms with E-state index in [2.05, 4.69) is 5.32 Å². The minimum absolute atomic E-state index is 0.232. The van der Waals surface area contributed by atoms with Gasteiger partial charge in [0.2, 0.25) is 5.91 Å². The average Bonchev–Trinajstić information content (AvgIpc) is 3.22. The lowest BCUT2D eigenvalue weighted by Crippen LogP contribution is -2.41. The highest BCUT2D eigenvalue weighted by Gasteiger charge is 2.17. The van der Waals surface area contributed by atoms with Gasteiger partial charge in [-0.15, -0.1) is 11.3 Å². The first-order valence-corrected chi connectivity index (χ1v) is 10.6. The van der Waals surface area contributed by atoms with E-state index >= 15 is 0 Å². The number of aromatic nitrogens is 2. The molecule has 0 fully saturated rings. The maximum atomic E-state index is 13.1. The molecule has 2 heterocycles. The van der Waals surface area contributed by atoms with Crippen LogP contribution < -0.4 is 16.6 Å². The maximum absolute atomic E-state index is 13.1. The fourth-order valence-corrected chi connectivity index (χ4v) is 4.25. The fraction of sp³-hybridized carbons (Fsp3) is 0.0952. The summed E-state index contributed by atoms with van der Waals surface area (Å²) in [5.74, 6) is -0.370. The molecule has 4 aromatic rings. The third kappa shape index (κ3) is 3.92. The zero-order chi connectivity index (χ0) is 21.3. The molecule has 30 heavy (non-hydrogen) atoms. The maximum Gasteiger partial charge on any atom is 0.336 e. The van der Waals surface area contributed by atoms with Gasteiger partial charge >= 0.3 is 5.69 Å². The third-order valence-electron chi connectivity index (χ3n) is 4.58. The second-order valence-electron chi connectivity index (χ2n) is 6.49. The second kappa shape index (κ2) is 8.47. The highest BCUT2D eigenvalue weighted by Crippen LogP contribution is 2.18. The van der Waals surface area contributed by atoms with E-state index in [1.54, 1.807) is 47.8 Å². The molecule has 0 aliphatic heterocycles. The van der Waals surface area contributed by atoms with Crippen LogP contribution in [0.1, 0.15) is 5.56 Å². The van der Waals surface area contributed by atoms with Crippen molar-refractivity contribution in [3.63, 3.8) is 0 Å². The molecule has 2 aromatic heterocycles. The van der Waals surface area contributed by atoms with Crippen LogP contribution in [0.2, 0.25) is 10.0 Å². The van der Waals surface area contributed by atoms with Gasteiger partial charge in [-0.1, -0.05) is 41.4 Å². The molecular weight excluding hydrogens is 445 g/mol. The summed E-state index contributed by atoms with van der Waals surface area (Å²) in [4.78, 5) is 38.6. The first-order chi connectivity index (χ1) is 14.5. The molecule has 0 saturated heterocycles. The first kappa shape index (κ1) is 20.4. The third-order valence-corrected chi connectivity index (χ3v) is 6.09. The van der Waals surface area contributed by atoms with Gasteiger partial charge in [-0.3, -0.25) is 14.2 Å². The monoisotopic (exact) mass is 459 g/mol. The topological polar surface area (TPSA) is 73.1 Å². The Kier molecular flexibility index (Phi) is 5.76. The lowest BCUT2D eigenvalue weighted by Gasteiger charge is -2.13. The smallest absolute Gasteiger partial charge is 0.336 e. The van der Waals surface area contributed by atoms with E-state index in [4.69, 9.17) is 23.2 Å². The number of fused-ring (bicyclic) bond motifs is 1. The summed E-state index contributed by atoms with van der Waals surface area (Å²) in [5, 5.41) is 5.52. The molecule has 0 unspecified atom stereocenters. The standard InChI is InChI=1S/C21H15Cl2N3O3S/c22-14-5-7-15(8-6-14)26-20(28)19-17(9-10-30-19)25(21(26)29)12-18(27)24-11-13-3-1-2-4-16(13)23/h1-10H,11-12H2,(H,24,27). The molecule has 0 radical (unpaired) electrons. The van der Waals surface area contributed by atoms with Crippen molar-refractivity contribution in [1.82, 2.24) is 14.5 Å². The zero-order valence-electron chi connectivity index (χ0n) is 15.5. The van der Waals surface area contributed by atoms with Gasteiger partial charge < -0.3 is 5.32 Å². The van der Waals surface area contributed by atoms with Crippen molar-refractivity contribution in [3.05, 3.63) is 96.4 Å². The summed E-state index contributed by atoms with van der Waals surface area (Å²) >= 11 is 13.3. The minimum Gasteiger partial charge on any atom is -0.350 e. The van der Waals surface area contributed by atoms with Gasteiger partial charge in [0.25, 0.3) is 5.56 Å². The Balaban J connectivity index is 1.70. The Hall–Kier alpha value is -2.87. The molecule has 0 spiro atoms. The fourth-order valence-electron chi connectivity index (χ4n) is 3.09. The molecule has 0 aliphatic carbocycles. The molecule has 2 aromatic carbocycles. The van der Waals surface area contributed by atoms with Gasteiger partial charge in [0.15, 0.2) is 0 Å². The number of hydrogen-bond acceptors (Lipinski definition) is 4. The highest BCUT2D eigenvalue weighted by atomic mass is 35.5. The minimum atomic E-state index is -0.596. The Morgan fingerprint density at radius 3 is 2.47 bits per heavy atom.